The summed E-state index contributed by atoms with van der Waals surface area (Å²) in [6.45, 7) is 3.46. The minimum atomic E-state index is -0.671. The Hall–Kier alpha value is -0.570. The van der Waals surface area contributed by atoms with Crippen molar-refractivity contribution >= 4 is 5.97 Å². The van der Waals surface area contributed by atoms with E-state index in [1.807, 2.05) is 0 Å². The molecule has 0 aromatic carbocycles. The molecule has 76 valence electrons. The molecule has 1 heterocycles. The molecule has 1 fully saturated rings. The minimum Gasteiger partial charge on any atom is -0.481 e. The maximum Gasteiger partial charge on any atom is 0.303 e. The highest BCUT2D eigenvalue weighted by atomic mass is 16.4. The Balaban J connectivity index is 2.02. The van der Waals surface area contributed by atoms with Crippen LogP contribution in [0.2, 0.25) is 0 Å². The average molecular weight is 185 g/mol. The molecule has 1 aliphatic heterocycles. The van der Waals surface area contributed by atoms with Crippen LogP contribution in [0.5, 0.6) is 0 Å². The quantitative estimate of drug-likeness (QED) is 0.661. The number of hydrogen-bond donors (Lipinski definition) is 1. The summed E-state index contributed by atoms with van der Waals surface area (Å²) in [5.41, 5.74) is 0. The van der Waals surface area contributed by atoms with Crippen molar-refractivity contribution in [3.63, 3.8) is 0 Å². The maximum absolute atomic E-state index is 10.2. The van der Waals surface area contributed by atoms with Crippen molar-refractivity contribution in [2.45, 2.75) is 38.6 Å². The van der Waals surface area contributed by atoms with Crippen molar-refractivity contribution in [2.24, 2.45) is 5.92 Å². The number of hydrogen-bond acceptors (Lipinski definition) is 2. The van der Waals surface area contributed by atoms with Crippen LogP contribution in [0.1, 0.15) is 32.6 Å². The van der Waals surface area contributed by atoms with Crippen molar-refractivity contribution in [3.8, 4) is 0 Å². The first-order valence-electron chi connectivity index (χ1n) is 5.03. The van der Waals surface area contributed by atoms with E-state index in [9.17, 15) is 4.79 Å². The Kier molecular flexibility index (Phi) is 3.72. The smallest absolute Gasteiger partial charge is 0.303 e. The Bertz CT molecular complexity index is 174. The molecule has 0 aromatic heterocycles. The van der Waals surface area contributed by atoms with E-state index < -0.39 is 5.97 Å². The third-order valence-corrected chi connectivity index (χ3v) is 2.94. The summed E-state index contributed by atoms with van der Waals surface area (Å²) in [5.74, 6) is 0.129. The summed E-state index contributed by atoms with van der Waals surface area (Å²) < 4.78 is 0. The van der Waals surface area contributed by atoms with Gasteiger partial charge in [-0.1, -0.05) is 13.3 Å². The van der Waals surface area contributed by atoms with Crippen LogP contribution in [0, 0.1) is 5.92 Å². The normalized spacial score (nSPS) is 28.5. The van der Waals surface area contributed by atoms with Gasteiger partial charge in [-0.3, -0.25) is 4.79 Å². The molecule has 0 spiro atoms. The van der Waals surface area contributed by atoms with Crippen LogP contribution in [-0.4, -0.2) is 35.6 Å². The molecule has 1 aliphatic rings. The maximum atomic E-state index is 10.2. The Morgan fingerprint density at radius 1 is 1.54 bits per heavy atom. The first kappa shape index (κ1) is 10.5. The van der Waals surface area contributed by atoms with Crippen LogP contribution in [0.4, 0.5) is 0 Å². The number of carboxylic acids is 1. The molecule has 2 atom stereocenters. The lowest BCUT2D eigenvalue weighted by Gasteiger charge is -2.44. The monoisotopic (exact) mass is 185 g/mol. The molecule has 13 heavy (non-hydrogen) atoms. The summed E-state index contributed by atoms with van der Waals surface area (Å²) >= 11 is 0. The third kappa shape index (κ3) is 2.99. The summed E-state index contributed by atoms with van der Waals surface area (Å²) in [7, 11) is 2.14. The molecular formula is C10H19NO2. The van der Waals surface area contributed by atoms with Gasteiger partial charge in [0.05, 0.1) is 0 Å². The van der Waals surface area contributed by atoms with E-state index in [-0.39, 0.29) is 0 Å². The number of carbonyl (C=O) groups is 1. The minimum absolute atomic E-state index is 0.324. The van der Waals surface area contributed by atoms with Crippen molar-refractivity contribution in [3.05, 3.63) is 0 Å². The Labute approximate surface area is 79.7 Å². The number of aliphatic carboxylic acids is 1. The molecular weight excluding hydrogens is 166 g/mol. The van der Waals surface area contributed by atoms with Crippen LogP contribution >= 0.6 is 0 Å². The van der Waals surface area contributed by atoms with Gasteiger partial charge >= 0.3 is 5.97 Å². The van der Waals surface area contributed by atoms with E-state index in [0.717, 1.165) is 25.2 Å². The van der Waals surface area contributed by atoms with Gasteiger partial charge in [-0.25, -0.2) is 0 Å². The van der Waals surface area contributed by atoms with Gasteiger partial charge in [-0.05, 0) is 25.8 Å². The molecule has 0 aromatic rings. The predicted molar refractivity (Wildman–Crippen MR) is 51.7 cm³/mol. The molecule has 1 unspecified atom stereocenters. The van der Waals surface area contributed by atoms with Gasteiger partial charge in [0.25, 0.3) is 0 Å². The fourth-order valence-electron chi connectivity index (χ4n) is 2.14. The van der Waals surface area contributed by atoms with Crippen LogP contribution in [0.25, 0.3) is 0 Å². The number of carboxylic acid groups (broad SMARTS) is 1. The number of unbranched alkanes of at least 4 members (excludes halogenated alkanes) is 1. The number of likely N-dealkylation sites (tertiary alicyclic amines) is 1. The molecule has 0 radical (unpaired) electrons. The summed E-state index contributed by atoms with van der Waals surface area (Å²) in [6, 6.07) is 0.703. The number of nitrogens with zero attached hydrogens (tertiary/aromatic N) is 1. The Morgan fingerprint density at radius 3 is 2.69 bits per heavy atom. The second kappa shape index (κ2) is 4.61. The van der Waals surface area contributed by atoms with Crippen LogP contribution in [0.15, 0.2) is 0 Å². The third-order valence-electron chi connectivity index (χ3n) is 2.94. The fourth-order valence-corrected chi connectivity index (χ4v) is 2.14. The molecule has 0 bridgehead atoms. The van der Waals surface area contributed by atoms with Gasteiger partial charge < -0.3 is 10.0 Å². The first-order chi connectivity index (χ1) is 6.11. The van der Waals surface area contributed by atoms with E-state index >= 15 is 0 Å². The topological polar surface area (TPSA) is 40.5 Å². The van der Waals surface area contributed by atoms with Crippen molar-refractivity contribution in [1.82, 2.24) is 4.90 Å². The zero-order valence-corrected chi connectivity index (χ0v) is 8.49. The molecule has 1 saturated heterocycles. The lowest BCUT2D eigenvalue weighted by molar-refractivity contribution is -0.137. The highest BCUT2D eigenvalue weighted by Crippen LogP contribution is 2.26. The molecule has 0 amide bonds. The van der Waals surface area contributed by atoms with Gasteiger partial charge in [0.2, 0.25) is 0 Å². The standard InChI is InChI=1S/C10H19NO2/c1-8-7-11(2)9(8)5-3-4-6-10(12)13/h8-9H,3-7H2,1-2H3,(H,12,13)/t8-,9?/m0/s1. The van der Waals surface area contributed by atoms with Gasteiger partial charge in [-0.15, -0.1) is 0 Å². The fraction of sp³-hybridized carbons (Fsp3) is 0.900. The van der Waals surface area contributed by atoms with Gasteiger partial charge in [0.1, 0.15) is 0 Å². The predicted octanol–water partition coefficient (Wildman–Crippen LogP) is 1.58. The Morgan fingerprint density at radius 2 is 2.23 bits per heavy atom. The van der Waals surface area contributed by atoms with Crippen LogP contribution < -0.4 is 0 Å². The van der Waals surface area contributed by atoms with Gasteiger partial charge in [0, 0.05) is 19.0 Å². The van der Waals surface area contributed by atoms with E-state index in [4.69, 9.17) is 5.11 Å². The highest BCUT2D eigenvalue weighted by molar-refractivity contribution is 5.66. The largest absolute Gasteiger partial charge is 0.481 e. The van der Waals surface area contributed by atoms with E-state index in [1.54, 1.807) is 0 Å². The lowest BCUT2D eigenvalue weighted by atomic mass is 9.87. The molecule has 0 aliphatic carbocycles. The lowest BCUT2D eigenvalue weighted by Crippen LogP contribution is -2.52. The molecule has 3 heteroatoms. The summed E-state index contributed by atoms with van der Waals surface area (Å²) in [5, 5.41) is 8.44. The second-order valence-corrected chi connectivity index (χ2v) is 4.12. The van der Waals surface area contributed by atoms with Crippen molar-refractivity contribution in [2.75, 3.05) is 13.6 Å². The van der Waals surface area contributed by atoms with Crippen molar-refractivity contribution in [1.29, 1.82) is 0 Å². The van der Waals surface area contributed by atoms with Crippen molar-refractivity contribution < 1.29 is 9.90 Å². The van der Waals surface area contributed by atoms with Gasteiger partial charge in [0.15, 0.2) is 0 Å². The average Bonchev–Trinajstić information content (AvgIpc) is 2.03. The molecule has 0 saturated carbocycles. The van der Waals surface area contributed by atoms with E-state index in [2.05, 4.69) is 18.9 Å². The van der Waals surface area contributed by atoms with Crippen LogP contribution in [0.3, 0.4) is 0 Å². The molecule has 1 rings (SSSR count). The summed E-state index contributed by atoms with van der Waals surface area (Å²) in [4.78, 5) is 12.6. The molecule has 1 N–H and O–H groups in total. The zero-order valence-electron chi connectivity index (χ0n) is 8.49. The second-order valence-electron chi connectivity index (χ2n) is 4.12. The first-order valence-corrected chi connectivity index (χ1v) is 5.03. The van der Waals surface area contributed by atoms with Gasteiger partial charge in [-0.2, -0.15) is 0 Å². The van der Waals surface area contributed by atoms with E-state index in [1.165, 1.54) is 6.54 Å². The van der Waals surface area contributed by atoms with E-state index in [0.29, 0.717) is 12.5 Å². The highest BCUT2D eigenvalue weighted by Gasteiger charge is 2.31. The zero-order chi connectivity index (χ0) is 9.84. The molecule has 3 nitrogen and oxygen atoms in total. The van der Waals surface area contributed by atoms with Crippen LogP contribution in [-0.2, 0) is 4.79 Å². The number of rotatable bonds is 5. The SMILES string of the molecule is C[C@H]1CN(C)C1CCCCC(=O)O. The summed E-state index contributed by atoms with van der Waals surface area (Å²) in [6.07, 6.45) is 3.35.